The molecule has 1 atom stereocenters. The number of nitrogens with one attached hydrogen (secondary N) is 1. The first-order valence-electron chi connectivity index (χ1n) is 5.99. The Balaban J connectivity index is 2.39. The highest BCUT2D eigenvalue weighted by atomic mass is 32.2. The molecule has 1 aromatic rings. The van der Waals surface area contributed by atoms with E-state index in [0.29, 0.717) is 11.8 Å². The number of hydrogen-bond acceptors (Lipinski definition) is 3. The van der Waals surface area contributed by atoms with E-state index in [-0.39, 0.29) is 4.75 Å². The van der Waals surface area contributed by atoms with Crippen LogP contribution in [0.1, 0.15) is 26.3 Å². The lowest BCUT2D eigenvalue weighted by Gasteiger charge is -2.25. The molecular weight excluding hydrogens is 230 g/mol. The summed E-state index contributed by atoms with van der Waals surface area (Å²) in [6.07, 6.45) is 3.14. The molecule has 17 heavy (non-hydrogen) atoms. The summed E-state index contributed by atoms with van der Waals surface area (Å²) in [6, 6.07) is 7.90. The number of thioether (sulfide) groups is 1. The third-order valence-electron chi connectivity index (χ3n) is 2.91. The summed E-state index contributed by atoms with van der Waals surface area (Å²) in [7, 11) is 0. The summed E-state index contributed by atoms with van der Waals surface area (Å²) < 4.78 is 0.281. The molecular formula is C14H23NOS. The van der Waals surface area contributed by atoms with Gasteiger partial charge in [-0.05, 0) is 51.1 Å². The first-order chi connectivity index (χ1) is 7.93. The van der Waals surface area contributed by atoms with Crippen LogP contribution in [0.3, 0.4) is 0 Å². The van der Waals surface area contributed by atoms with Crippen molar-refractivity contribution in [3.63, 3.8) is 0 Å². The van der Waals surface area contributed by atoms with Gasteiger partial charge < -0.3 is 10.4 Å². The van der Waals surface area contributed by atoms with Crippen LogP contribution in [0.25, 0.3) is 0 Å². The van der Waals surface area contributed by atoms with Crippen molar-refractivity contribution in [2.24, 2.45) is 0 Å². The van der Waals surface area contributed by atoms with Gasteiger partial charge in [-0.15, -0.1) is 0 Å². The maximum Gasteiger partial charge on any atom is 0.115 e. The summed E-state index contributed by atoms with van der Waals surface area (Å²) >= 11 is 1.88. The predicted octanol–water partition coefficient (Wildman–Crippen LogP) is 3.05. The minimum atomic E-state index is 0.281. The lowest BCUT2D eigenvalue weighted by atomic mass is 10.1. The van der Waals surface area contributed by atoms with E-state index in [1.807, 2.05) is 23.9 Å². The molecule has 0 fully saturated rings. The van der Waals surface area contributed by atoms with Gasteiger partial charge in [0.15, 0.2) is 0 Å². The number of rotatable bonds is 6. The fourth-order valence-electron chi connectivity index (χ4n) is 1.55. The molecule has 96 valence electrons. The topological polar surface area (TPSA) is 32.3 Å². The standard InChI is InChI=1S/C14H23NOS/c1-11(15-10-14(2,3)17-4)9-12-5-7-13(16)8-6-12/h5-8,11,15-16H,9-10H2,1-4H3. The van der Waals surface area contributed by atoms with Crippen molar-refractivity contribution < 1.29 is 5.11 Å². The van der Waals surface area contributed by atoms with E-state index in [9.17, 15) is 5.11 Å². The van der Waals surface area contributed by atoms with Crippen LogP contribution < -0.4 is 5.32 Å². The highest BCUT2D eigenvalue weighted by molar-refractivity contribution is 7.99. The van der Waals surface area contributed by atoms with Crippen molar-refractivity contribution in [1.29, 1.82) is 0 Å². The molecule has 2 N–H and O–H groups in total. The van der Waals surface area contributed by atoms with Gasteiger partial charge in [0.1, 0.15) is 5.75 Å². The molecule has 1 unspecified atom stereocenters. The number of aromatic hydroxyl groups is 1. The van der Waals surface area contributed by atoms with Crippen LogP contribution in [0, 0.1) is 0 Å². The summed E-state index contributed by atoms with van der Waals surface area (Å²) in [5, 5.41) is 12.8. The van der Waals surface area contributed by atoms with Crippen LogP contribution in [0.15, 0.2) is 24.3 Å². The fraction of sp³-hybridized carbons (Fsp3) is 0.571. The smallest absolute Gasteiger partial charge is 0.115 e. The Morgan fingerprint density at radius 2 is 1.88 bits per heavy atom. The Labute approximate surface area is 109 Å². The van der Waals surface area contributed by atoms with Crippen LogP contribution in [-0.2, 0) is 6.42 Å². The van der Waals surface area contributed by atoms with Crippen molar-refractivity contribution >= 4 is 11.8 Å². The van der Waals surface area contributed by atoms with E-state index in [1.165, 1.54) is 5.56 Å². The van der Waals surface area contributed by atoms with E-state index in [2.05, 4.69) is 32.3 Å². The predicted molar refractivity (Wildman–Crippen MR) is 76.9 cm³/mol. The number of hydrogen-bond donors (Lipinski definition) is 2. The molecule has 0 saturated heterocycles. The van der Waals surface area contributed by atoms with E-state index in [1.54, 1.807) is 12.1 Å². The second-order valence-corrected chi connectivity index (χ2v) is 6.63. The maximum atomic E-state index is 9.21. The molecule has 0 spiro atoms. The minimum Gasteiger partial charge on any atom is -0.508 e. The molecule has 0 aliphatic carbocycles. The lowest BCUT2D eigenvalue weighted by Crippen LogP contribution is -2.38. The van der Waals surface area contributed by atoms with Crippen LogP contribution in [0.5, 0.6) is 5.75 Å². The summed E-state index contributed by atoms with van der Waals surface area (Å²) in [5.74, 6) is 0.331. The SMILES string of the molecule is CSC(C)(C)CNC(C)Cc1ccc(O)cc1. The van der Waals surface area contributed by atoms with E-state index in [4.69, 9.17) is 0 Å². The summed E-state index contributed by atoms with van der Waals surface area (Å²) in [5.41, 5.74) is 1.25. The maximum absolute atomic E-state index is 9.21. The monoisotopic (exact) mass is 253 g/mol. The van der Waals surface area contributed by atoms with Crippen LogP contribution in [-0.4, -0.2) is 28.7 Å². The first-order valence-corrected chi connectivity index (χ1v) is 7.22. The van der Waals surface area contributed by atoms with E-state index in [0.717, 1.165) is 13.0 Å². The fourth-order valence-corrected chi connectivity index (χ4v) is 1.78. The zero-order valence-electron chi connectivity index (χ0n) is 11.2. The lowest BCUT2D eigenvalue weighted by molar-refractivity contribution is 0.474. The van der Waals surface area contributed by atoms with Crippen molar-refractivity contribution in [2.75, 3.05) is 12.8 Å². The Morgan fingerprint density at radius 1 is 1.29 bits per heavy atom. The van der Waals surface area contributed by atoms with Crippen LogP contribution in [0.2, 0.25) is 0 Å². The zero-order chi connectivity index (χ0) is 12.9. The number of benzene rings is 1. The van der Waals surface area contributed by atoms with Gasteiger partial charge in [-0.2, -0.15) is 11.8 Å². The Kier molecular flexibility index (Phi) is 5.34. The van der Waals surface area contributed by atoms with Gasteiger partial charge in [-0.25, -0.2) is 0 Å². The third kappa shape index (κ3) is 5.46. The van der Waals surface area contributed by atoms with Crippen LogP contribution >= 0.6 is 11.8 Å². The quantitative estimate of drug-likeness (QED) is 0.817. The van der Waals surface area contributed by atoms with Crippen LogP contribution in [0.4, 0.5) is 0 Å². The zero-order valence-corrected chi connectivity index (χ0v) is 12.0. The molecule has 0 bridgehead atoms. The van der Waals surface area contributed by atoms with Crippen molar-refractivity contribution in [2.45, 2.75) is 38.0 Å². The largest absolute Gasteiger partial charge is 0.508 e. The van der Waals surface area contributed by atoms with Gasteiger partial charge >= 0.3 is 0 Å². The van der Waals surface area contributed by atoms with Gasteiger partial charge in [-0.1, -0.05) is 12.1 Å². The molecule has 0 heterocycles. The second-order valence-electron chi connectivity index (χ2n) is 5.12. The second kappa shape index (κ2) is 6.31. The number of phenolic OH excluding ortho intramolecular Hbond substituents is 1. The van der Waals surface area contributed by atoms with Gasteiger partial charge in [0.2, 0.25) is 0 Å². The Hall–Kier alpha value is -0.670. The van der Waals surface area contributed by atoms with Gasteiger partial charge in [-0.3, -0.25) is 0 Å². The average molecular weight is 253 g/mol. The molecule has 0 aromatic heterocycles. The normalized spacial score (nSPS) is 13.6. The minimum absolute atomic E-state index is 0.281. The Morgan fingerprint density at radius 3 is 2.41 bits per heavy atom. The molecule has 3 heteroatoms. The molecule has 0 aliphatic heterocycles. The molecule has 1 rings (SSSR count). The van der Waals surface area contributed by atoms with Gasteiger partial charge in [0.05, 0.1) is 0 Å². The molecule has 1 aromatic carbocycles. The molecule has 0 amide bonds. The molecule has 0 aliphatic rings. The molecule has 2 nitrogen and oxygen atoms in total. The summed E-state index contributed by atoms with van der Waals surface area (Å²) in [4.78, 5) is 0. The highest BCUT2D eigenvalue weighted by Gasteiger charge is 2.16. The summed E-state index contributed by atoms with van der Waals surface area (Å²) in [6.45, 7) is 7.70. The molecule has 0 saturated carbocycles. The number of phenols is 1. The van der Waals surface area contributed by atoms with E-state index >= 15 is 0 Å². The molecule has 0 radical (unpaired) electrons. The third-order valence-corrected chi connectivity index (χ3v) is 4.16. The highest BCUT2D eigenvalue weighted by Crippen LogP contribution is 2.20. The average Bonchev–Trinajstić information content (AvgIpc) is 2.30. The van der Waals surface area contributed by atoms with Gasteiger partial charge in [0, 0.05) is 17.3 Å². The first kappa shape index (κ1) is 14.4. The van der Waals surface area contributed by atoms with Crippen molar-refractivity contribution in [3.8, 4) is 5.75 Å². The van der Waals surface area contributed by atoms with Crippen molar-refractivity contribution in [1.82, 2.24) is 5.32 Å². The Bertz CT molecular complexity index is 335. The van der Waals surface area contributed by atoms with E-state index < -0.39 is 0 Å². The van der Waals surface area contributed by atoms with Crippen molar-refractivity contribution in [3.05, 3.63) is 29.8 Å². The van der Waals surface area contributed by atoms with Gasteiger partial charge in [0.25, 0.3) is 0 Å².